The van der Waals surface area contributed by atoms with E-state index in [1.54, 1.807) is 19.1 Å². The average Bonchev–Trinajstić information content (AvgIpc) is 2.57. The van der Waals surface area contributed by atoms with Gasteiger partial charge in [-0.2, -0.15) is 0 Å². The van der Waals surface area contributed by atoms with Crippen molar-refractivity contribution < 1.29 is 19.2 Å². The van der Waals surface area contributed by atoms with E-state index in [-0.39, 0.29) is 11.3 Å². The van der Waals surface area contributed by atoms with E-state index in [0.29, 0.717) is 15.2 Å². The molecule has 0 aliphatic carbocycles. The van der Waals surface area contributed by atoms with Gasteiger partial charge in [0.25, 0.3) is 11.6 Å². The predicted octanol–water partition coefficient (Wildman–Crippen LogP) is 4.11. The van der Waals surface area contributed by atoms with Crippen LogP contribution in [0.4, 0.5) is 11.4 Å². The lowest BCUT2D eigenvalue weighted by molar-refractivity contribution is -0.384. The molecular weight excluding hydrogens is 416 g/mol. The Hall–Kier alpha value is -2.45. The minimum Gasteiger partial charge on any atom is -0.452 e. The van der Waals surface area contributed by atoms with Crippen molar-refractivity contribution in [2.75, 3.05) is 11.9 Å². The molecule has 0 aliphatic rings. The molecule has 7 nitrogen and oxygen atoms in total. The molecule has 0 saturated carbocycles. The molecule has 25 heavy (non-hydrogen) atoms. The van der Waals surface area contributed by atoms with Crippen LogP contribution in [-0.4, -0.2) is 23.4 Å². The van der Waals surface area contributed by atoms with Crippen molar-refractivity contribution in [2.45, 2.75) is 6.92 Å². The van der Waals surface area contributed by atoms with E-state index in [1.165, 1.54) is 24.3 Å². The Morgan fingerprint density at radius 2 is 1.92 bits per heavy atom. The van der Waals surface area contributed by atoms with Gasteiger partial charge in [0, 0.05) is 22.3 Å². The fraction of sp³-hybridized carbons (Fsp3) is 0.125. The van der Waals surface area contributed by atoms with Gasteiger partial charge in [-0.3, -0.25) is 14.9 Å². The Bertz CT molecular complexity index is 839. The zero-order valence-electron chi connectivity index (χ0n) is 12.9. The molecule has 130 valence electrons. The lowest BCUT2D eigenvalue weighted by Crippen LogP contribution is -2.21. The standard InChI is InChI=1S/C16H12BrClN2O5/c1-9-6-12(17)13(18)7-14(9)19-15(21)8-25-16(22)10-2-4-11(5-3-10)20(23)24/h2-7H,8H2,1H3,(H,19,21). The van der Waals surface area contributed by atoms with Crippen LogP contribution in [0, 0.1) is 17.0 Å². The number of halogens is 2. The molecule has 9 heteroatoms. The van der Waals surface area contributed by atoms with Crippen molar-refractivity contribution in [1.82, 2.24) is 0 Å². The summed E-state index contributed by atoms with van der Waals surface area (Å²) in [4.78, 5) is 33.7. The molecule has 0 spiro atoms. The van der Waals surface area contributed by atoms with Crippen LogP contribution in [0.25, 0.3) is 0 Å². The zero-order chi connectivity index (χ0) is 18.6. The summed E-state index contributed by atoms with van der Waals surface area (Å²) < 4.78 is 5.60. The molecule has 0 heterocycles. The summed E-state index contributed by atoms with van der Waals surface area (Å²) in [6.07, 6.45) is 0. The van der Waals surface area contributed by atoms with Crippen LogP contribution in [0.3, 0.4) is 0 Å². The predicted molar refractivity (Wildman–Crippen MR) is 95.9 cm³/mol. The number of rotatable bonds is 5. The Morgan fingerprint density at radius 1 is 1.28 bits per heavy atom. The Morgan fingerprint density at radius 3 is 2.52 bits per heavy atom. The average molecular weight is 428 g/mol. The molecule has 0 aliphatic heterocycles. The quantitative estimate of drug-likeness (QED) is 0.440. The number of nitrogens with zero attached hydrogens (tertiary/aromatic N) is 1. The van der Waals surface area contributed by atoms with Crippen molar-refractivity contribution in [2.24, 2.45) is 0 Å². The first-order chi connectivity index (χ1) is 11.8. The molecule has 2 rings (SSSR count). The first-order valence-electron chi connectivity index (χ1n) is 6.95. The first kappa shape index (κ1) is 18.9. The molecule has 0 aromatic heterocycles. The highest BCUT2D eigenvalue weighted by Gasteiger charge is 2.13. The monoisotopic (exact) mass is 426 g/mol. The number of nitrogens with one attached hydrogen (secondary N) is 1. The second-order valence-corrected chi connectivity index (χ2v) is 6.27. The SMILES string of the molecule is Cc1cc(Br)c(Cl)cc1NC(=O)COC(=O)c1ccc([N+](=O)[O-])cc1. The number of aryl methyl sites for hydroxylation is 1. The van der Waals surface area contributed by atoms with Crippen LogP contribution < -0.4 is 5.32 Å². The third-order valence-electron chi connectivity index (χ3n) is 3.19. The fourth-order valence-corrected chi connectivity index (χ4v) is 2.52. The normalized spacial score (nSPS) is 10.2. The number of non-ortho nitro benzene ring substituents is 1. The molecule has 2 aromatic carbocycles. The smallest absolute Gasteiger partial charge is 0.338 e. The van der Waals surface area contributed by atoms with Gasteiger partial charge in [-0.05, 0) is 52.7 Å². The van der Waals surface area contributed by atoms with Crippen molar-refractivity contribution in [3.63, 3.8) is 0 Å². The maximum atomic E-state index is 11.9. The number of amides is 1. The summed E-state index contributed by atoms with van der Waals surface area (Å²) in [5, 5.41) is 13.6. The van der Waals surface area contributed by atoms with E-state index in [9.17, 15) is 19.7 Å². The minimum absolute atomic E-state index is 0.112. The molecule has 0 atom stereocenters. The van der Waals surface area contributed by atoms with Gasteiger partial charge < -0.3 is 10.1 Å². The van der Waals surface area contributed by atoms with Crippen molar-refractivity contribution >= 4 is 50.8 Å². The van der Waals surface area contributed by atoms with Crippen LogP contribution in [0.5, 0.6) is 0 Å². The van der Waals surface area contributed by atoms with Crippen LogP contribution in [0.2, 0.25) is 5.02 Å². The minimum atomic E-state index is -0.754. The van der Waals surface area contributed by atoms with Crippen LogP contribution in [-0.2, 0) is 9.53 Å². The zero-order valence-corrected chi connectivity index (χ0v) is 15.3. The number of esters is 1. The van der Waals surface area contributed by atoms with Crippen LogP contribution >= 0.6 is 27.5 Å². The highest BCUT2D eigenvalue weighted by molar-refractivity contribution is 9.10. The van der Waals surface area contributed by atoms with Crippen LogP contribution in [0.1, 0.15) is 15.9 Å². The highest BCUT2D eigenvalue weighted by atomic mass is 79.9. The molecule has 0 saturated heterocycles. The maximum Gasteiger partial charge on any atom is 0.338 e. The first-order valence-corrected chi connectivity index (χ1v) is 8.12. The van der Waals surface area contributed by atoms with Gasteiger partial charge in [-0.1, -0.05) is 11.6 Å². The van der Waals surface area contributed by atoms with Gasteiger partial charge in [-0.15, -0.1) is 0 Å². The van der Waals surface area contributed by atoms with Gasteiger partial charge in [0.15, 0.2) is 6.61 Å². The number of carbonyl (C=O) groups is 2. The molecule has 2 aromatic rings. The molecular formula is C16H12BrClN2O5. The number of benzene rings is 2. The number of hydrogen-bond donors (Lipinski definition) is 1. The topological polar surface area (TPSA) is 98.5 Å². The van der Waals surface area contributed by atoms with E-state index in [4.69, 9.17) is 16.3 Å². The fourth-order valence-electron chi connectivity index (χ4n) is 1.90. The third-order valence-corrected chi connectivity index (χ3v) is 4.39. The second-order valence-electron chi connectivity index (χ2n) is 5.01. The summed E-state index contributed by atoms with van der Waals surface area (Å²) in [5.74, 6) is -1.28. The molecule has 0 fully saturated rings. The number of hydrogen-bond acceptors (Lipinski definition) is 5. The third kappa shape index (κ3) is 5.01. The number of anilines is 1. The van der Waals surface area contributed by atoms with Crippen molar-refractivity contribution in [3.8, 4) is 0 Å². The summed E-state index contributed by atoms with van der Waals surface area (Å²) >= 11 is 9.26. The number of carbonyl (C=O) groups excluding carboxylic acids is 2. The molecule has 0 bridgehead atoms. The Labute approximate surface area is 156 Å². The van der Waals surface area contributed by atoms with Crippen molar-refractivity contribution in [1.29, 1.82) is 0 Å². The number of nitro groups is 1. The molecule has 1 amide bonds. The molecule has 1 N–H and O–H groups in total. The summed E-state index contributed by atoms with van der Waals surface area (Å²) in [7, 11) is 0. The maximum absolute atomic E-state index is 11.9. The number of ether oxygens (including phenoxy) is 1. The van der Waals surface area contributed by atoms with E-state index < -0.39 is 23.4 Å². The van der Waals surface area contributed by atoms with E-state index in [1.807, 2.05) is 0 Å². The Balaban J connectivity index is 1.94. The summed E-state index contributed by atoms with van der Waals surface area (Å²) in [6, 6.07) is 8.22. The van der Waals surface area contributed by atoms with E-state index >= 15 is 0 Å². The van der Waals surface area contributed by atoms with E-state index in [2.05, 4.69) is 21.2 Å². The molecule has 0 radical (unpaired) electrons. The summed E-state index contributed by atoms with van der Waals surface area (Å²) in [6.45, 7) is 1.29. The second kappa shape index (κ2) is 8.09. The van der Waals surface area contributed by atoms with Gasteiger partial charge in [0.2, 0.25) is 0 Å². The largest absolute Gasteiger partial charge is 0.452 e. The number of nitro benzene ring substituents is 1. The van der Waals surface area contributed by atoms with Crippen molar-refractivity contribution in [3.05, 3.63) is 67.1 Å². The summed E-state index contributed by atoms with van der Waals surface area (Å²) in [5.41, 5.74) is 1.26. The van der Waals surface area contributed by atoms with Gasteiger partial charge in [0.05, 0.1) is 15.5 Å². The van der Waals surface area contributed by atoms with Crippen LogP contribution in [0.15, 0.2) is 40.9 Å². The van der Waals surface area contributed by atoms with E-state index in [0.717, 1.165) is 5.56 Å². The van der Waals surface area contributed by atoms with Gasteiger partial charge >= 0.3 is 5.97 Å². The lowest BCUT2D eigenvalue weighted by Gasteiger charge is -2.10. The Kier molecular flexibility index (Phi) is 6.11. The molecule has 0 unspecified atom stereocenters. The highest BCUT2D eigenvalue weighted by Crippen LogP contribution is 2.28. The van der Waals surface area contributed by atoms with Gasteiger partial charge in [0.1, 0.15) is 0 Å². The van der Waals surface area contributed by atoms with Gasteiger partial charge in [-0.25, -0.2) is 4.79 Å². The lowest BCUT2D eigenvalue weighted by atomic mass is 10.2.